The van der Waals surface area contributed by atoms with Crippen molar-refractivity contribution in [2.75, 3.05) is 7.11 Å². The lowest BCUT2D eigenvalue weighted by Gasteiger charge is -2.34. The van der Waals surface area contributed by atoms with Crippen molar-refractivity contribution < 1.29 is 23.4 Å². The zero-order valence-corrected chi connectivity index (χ0v) is 19.4. The first kappa shape index (κ1) is 24.2. The summed E-state index contributed by atoms with van der Waals surface area (Å²) in [5.41, 5.74) is 2.17. The Morgan fingerprint density at radius 2 is 1.84 bits per heavy atom. The molecule has 0 bridgehead atoms. The van der Waals surface area contributed by atoms with Gasteiger partial charge in [0, 0.05) is 22.2 Å². The molecule has 3 rings (SSSR count). The van der Waals surface area contributed by atoms with Crippen LogP contribution in [0.1, 0.15) is 57.3 Å². The number of aliphatic hydroxyl groups is 1. The molecule has 0 fully saturated rings. The van der Waals surface area contributed by atoms with Crippen LogP contribution in [0.2, 0.25) is 5.02 Å². The Morgan fingerprint density at radius 3 is 2.47 bits per heavy atom. The van der Waals surface area contributed by atoms with Gasteiger partial charge in [-0.25, -0.2) is 8.78 Å². The molecule has 1 aliphatic rings. The van der Waals surface area contributed by atoms with Gasteiger partial charge >= 0.3 is 0 Å². The highest BCUT2D eigenvalue weighted by Gasteiger charge is 2.33. The van der Waals surface area contributed by atoms with E-state index in [1.54, 1.807) is 32.2 Å². The molecule has 0 saturated carbocycles. The highest BCUT2D eigenvalue weighted by atomic mass is 35.5. The summed E-state index contributed by atoms with van der Waals surface area (Å²) in [5.74, 6) is -1.29. The lowest BCUT2D eigenvalue weighted by Crippen LogP contribution is -2.39. The fraction of sp³-hybridized carbons (Fsp3) is 0.400. The van der Waals surface area contributed by atoms with Crippen molar-refractivity contribution in [1.82, 2.24) is 5.32 Å². The second-order valence-electron chi connectivity index (χ2n) is 9.05. The molecule has 172 valence electrons. The molecule has 4 nitrogen and oxygen atoms in total. The molecule has 1 amide bonds. The first-order valence-electron chi connectivity index (χ1n) is 10.5. The summed E-state index contributed by atoms with van der Waals surface area (Å²) in [6.07, 6.45) is 0.806. The fourth-order valence-corrected chi connectivity index (χ4v) is 4.30. The van der Waals surface area contributed by atoms with Gasteiger partial charge in [-0.15, -0.1) is 0 Å². The number of hydrogen-bond donors (Lipinski definition) is 2. The zero-order valence-electron chi connectivity index (χ0n) is 18.6. The van der Waals surface area contributed by atoms with E-state index in [0.717, 1.165) is 35.8 Å². The van der Waals surface area contributed by atoms with Crippen LogP contribution in [-0.4, -0.2) is 24.2 Å². The van der Waals surface area contributed by atoms with Crippen LogP contribution in [0.25, 0.3) is 5.57 Å². The van der Waals surface area contributed by atoms with Gasteiger partial charge in [-0.3, -0.25) is 4.79 Å². The number of halogens is 3. The van der Waals surface area contributed by atoms with Gasteiger partial charge in [0.25, 0.3) is 0 Å². The third kappa shape index (κ3) is 5.48. The number of rotatable bonds is 6. The van der Waals surface area contributed by atoms with Crippen LogP contribution in [0.4, 0.5) is 8.78 Å². The minimum absolute atomic E-state index is 0.0602. The van der Waals surface area contributed by atoms with Crippen LogP contribution in [0.15, 0.2) is 42.0 Å². The van der Waals surface area contributed by atoms with Crippen LogP contribution in [0.3, 0.4) is 0 Å². The van der Waals surface area contributed by atoms with Crippen molar-refractivity contribution in [2.24, 2.45) is 5.41 Å². The number of nitrogens with one attached hydrogen (secondary N) is 1. The summed E-state index contributed by atoms with van der Waals surface area (Å²) in [4.78, 5) is 13.3. The average molecular weight is 464 g/mol. The highest BCUT2D eigenvalue weighted by Crippen LogP contribution is 2.45. The third-order valence-electron chi connectivity index (χ3n) is 5.89. The second-order valence-corrected chi connectivity index (χ2v) is 9.49. The quantitative estimate of drug-likeness (QED) is 0.566. The molecule has 0 spiro atoms. The summed E-state index contributed by atoms with van der Waals surface area (Å²) in [6.45, 7) is 5.79. The number of carbonyl (C=O) groups is 1. The number of allylic oxidation sites excluding steroid dienone is 1. The van der Waals surface area contributed by atoms with Crippen molar-refractivity contribution >= 4 is 23.1 Å². The van der Waals surface area contributed by atoms with E-state index in [0.29, 0.717) is 29.2 Å². The van der Waals surface area contributed by atoms with Gasteiger partial charge in [-0.2, -0.15) is 0 Å². The van der Waals surface area contributed by atoms with Crippen LogP contribution < -0.4 is 10.1 Å². The maximum Gasteiger partial charge on any atom is 0.247 e. The summed E-state index contributed by atoms with van der Waals surface area (Å²) in [6, 6.07) is 7.36. The number of ether oxygens (including phenoxy) is 1. The first-order valence-corrected chi connectivity index (χ1v) is 10.9. The van der Waals surface area contributed by atoms with Crippen LogP contribution in [0, 0.1) is 17.0 Å². The van der Waals surface area contributed by atoms with Crippen molar-refractivity contribution in [3.05, 3.63) is 69.8 Å². The number of methoxy groups -OCH3 is 1. The lowest BCUT2D eigenvalue weighted by atomic mass is 9.72. The van der Waals surface area contributed by atoms with E-state index in [9.17, 15) is 18.7 Å². The predicted molar refractivity (Wildman–Crippen MR) is 121 cm³/mol. The van der Waals surface area contributed by atoms with Crippen molar-refractivity contribution in [3.63, 3.8) is 0 Å². The van der Waals surface area contributed by atoms with E-state index in [4.69, 9.17) is 16.3 Å². The van der Waals surface area contributed by atoms with E-state index in [2.05, 4.69) is 19.2 Å². The largest absolute Gasteiger partial charge is 0.496 e. The minimum atomic E-state index is -1.27. The van der Waals surface area contributed by atoms with Gasteiger partial charge in [0.15, 0.2) is 0 Å². The number of aliphatic hydroxyl groups excluding tert-OH is 1. The molecule has 0 aromatic heterocycles. The van der Waals surface area contributed by atoms with Gasteiger partial charge in [0.1, 0.15) is 17.4 Å². The lowest BCUT2D eigenvalue weighted by molar-refractivity contribution is -0.119. The van der Waals surface area contributed by atoms with Gasteiger partial charge in [0.2, 0.25) is 5.91 Å². The number of hydrogen-bond acceptors (Lipinski definition) is 3. The third-order valence-corrected chi connectivity index (χ3v) is 6.13. The van der Waals surface area contributed by atoms with Gasteiger partial charge in [0.05, 0.1) is 19.3 Å². The van der Waals surface area contributed by atoms with Gasteiger partial charge in [-0.05, 0) is 73.1 Å². The Bertz CT molecular complexity index is 1030. The average Bonchev–Trinajstić information content (AvgIpc) is 2.71. The molecule has 0 saturated heterocycles. The zero-order chi connectivity index (χ0) is 23.6. The summed E-state index contributed by atoms with van der Waals surface area (Å²) < 4.78 is 32.6. The SMILES string of the molecule is COc1ccc(Cl)cc1C1=C(C(=O)N[C@@H](C)[C@H](O)c2cc(F)cc(F)c2)CC(C)(C)CC1. The number of carbonyl (C=O) groups excluding carboxylic acids is 1. The van der Waals surface area contributed by atoms with E-state index >= 15 is 0 Å². The predicted octanol–water partition coefficient (Wildman–Crippen LogP) is 5.83. The minimum Gasteiger partial charge on any atom is -0.496 e. The number of amides is 1. The smallest absolute Gasteiger partial charge is 0.247 e. The normalized spacial score (nSPS) is 17.6. The Labute approximate surface area is 192 Å². The van der Waals surface area contributed by atoms with Crippen molar-refractivity contribution in [1.29, 1.82) is 0 Å². The molecule has 2 atom stereocenters. The molecule has 2 aromatic carbocycles. The summed E-state index contributed by atoms with van der Waals surface area (Å²) in [5, 5.41) is 13.9. The molecule has 0 aliphatic heterocycles. The monoisotopic (exact) mass is 463 g/mol. The first-order chi connectivity index (χ1) is 15.0. The Balaban J connectivity index is 1.94. The summed E-state index contributed by atoms with van der Waals surface area (Å²) >= 11 is 6.22. The molecule has 0 unspecified atom stereocenters. The molecule has 32 heavy (non-hydrogen) atoms. The molecule has 7 heteroatoms. The Kier molecular flexibility index (Phi) is 7.25. The van der Waals surface area contributed by atoms with E-state index < -0.39 is 23.8 Å². The van der Waals surface area contributed by atoms with Crippen LogP contribution in [0.5, 0.6) is 5.75 Å². The van der Waals surface area contributed by atoms with Crippen molar-refractivity contribution in [3.8, 4) is 5.75 Å². The molecule has 2 N–H and O–H groups in total. The van der Waals surface area contributed by atoms with E-state index in [-0.39, 0.29) is 16.9 Å². The second kappa shape index (κ2) is 9.59. The molecule has 0 radical (unpaired) electrons. The molecule has 1 aliphatic carbocycles. The fourth-order valence-electron chi connectivity index (χ4n) is 4.13. The topological polar surface area (TPSA) is 58.6 Å². The van der Waals surface area contributed by atoms with Crippen LogP contribution >= 0.6 is 11.6 Å². The Hall–Kier alpha value is -2.44. The van der Waals surface area contributed by atoms with E-state index in [1.807, 2.05) is 0 Å². The summed E-state index contributed by atoms with van der Waals surface area (Å²) in [7, 11) is 1.57. The highest BCUT2D eigenvalue weighted by molar-refractivity contribution is 6.30. The van der Waals surface area contributed by atoms with Gasteiger partial charge < -0.3 is 15.2 Å². The molecule has 2 aromatic rings. The maximum absolute atomic E-state index is 13.6. The molecular weight excluding hydrogens is 436 g/mol. The standard InChI is InChI=1S/C25H28ClF2NO3/c1-14(23(30)15-9-17(27)12-18(28)10-15)29-24(31)21-13-25(2,3)8-7-19(21)20-11-16(26)5-6-22(20)32-4/h5-6,9-12,14,23,30H,7-8,13H2,1-4H3,(H,29,31)/t14-,23-/m0/s1. The van der Waals surface area contributed by atoms with Gasteiger partial charge in [-0.1, -0.05) is 25.4 Å². The Morgan fingerprint density at radius 1 is 1.19 bits per heavy atom. The molecular formula is C25H28ClF2NO3. The van der Waals surface area contributed by atoms with Crippen molar-refractivity contribution in [2.45, 2.75) is 52.2 Å². The van der Waals surface area contributed by atoms with E-state index in [1.165, 1.54) is 0 Å². The van der Waals surface area contributed by atoms with Crippen LogP contribution in [-0.2, 0) is 4.79 Å². The molecule has 0 heterocycles. The number of benzene rings is 2. The maximum atomic E-state index is 13.6.